The molecule has 7 nitrogen and oxygen atoms in total. The van der Waals surface area contributed by atoms with Crippen LogP contribution in [0.5, 0.6) is 0 Å². The lowest BCUT2D eigenvalue weighted by molar-refractivity contribution is -0.142. The number of amides is 3. The highest BCUT2D eigenvalue weighted by Crippen LogP contribution is 2.23. The molecule has 1 aromatic rings. The molecular weight excluding hydrogens is 378 g/mol. The SMILES string of the molecule is C[C@@H]1CN(C(=O)CCNC(=O)Nc2ccc(Br)cc2)C[C@H]1C(=O)O. The van der Waals surface area contributed by atoms with Crippen molar-refractivity contribution in [2.75, 3.05) is 25.0 Å². The molecule has 24 heavy (non-hydrogen) atoms. The van der Waals surface area contributed by atoms with Gasteiger partial charge in [0.05, 0.1) is 5.92 Å². The van der Waals surface area contributed by atoms with E-state index < -0.39 is 11.9 Å². The molecule has 3 amide bonds. The van der Waals surface area contributed by atoms with Gasteiger partial charge in [0, 0.05) is 36.2 Å². The first kappa shape index (κ1) is 18.3. The summed E-state index contributed by atoms with van der Waals surface area (Å²) in [6.07, 6.45) is 0.146. The Hall–Kier alpha value is -2.09. The summed E-state index contributed by atoms with van der Waals surface area (Å²) in [6.45, 7) is 2.71. The summed E-state index contributed by atoms with van der Waals surface area (Å²) in [6, 6.07) is 6.75. The standard InChI is InChI=1S/C16H20BrN3O4/c1-10-8-20(9-13(10)15(22)23)14(21)6-7-18-16(24)19-12-4-2-11(17)3-5-12/h2-5,10,13H,6-9H2,1H3,(H,22,23)(H2,18,19,24)/t10-,13-/m1/s1. The van der Waals surface area contributed by atoms with Gasteiger partial charge in [0.15, 0.2) is 0 Å². The topological polar surface area (TPSA) is 98.7 Å². The highest BCUT2D eigenvalue weighted by molar-refractivity contribution is 9.10. The fourth-order valence-electron chi connectivity index (χ4n) is 2.64. The number of carboxylic acids is 1. The third kappa shape index (κ3) is 4.95. The Morgan fingerprint density at radius 3 is 2.50 bits per heavy atom. The Morgan fingerprint density at radius 2 is 1.92 bits per heavy atom. The van der Waals surface area contributed by atoms with Crippen molar-refractivity contribution in [3.05, 3.63) is 28.7 Å². The Morgan fingerprint density at radius 1 is 1.25 bits per heavy atom. The fraction of sp³-hybridized carbons (Fsp3) is 0.438. The van der Waals surface area contributed by atoms with Crippen molar-refractivity contribution >= 4 is 39.5 Å². The Labute approximate surface area is 148 Å². The second kappa shape index (κ2) is 8.14. The van der Waals surface area contributed by atoms with E-state index in [1.54, 1.807) is 17.0 Å². The molecule has 1 aromatic carbocycles. The van der Waals surface area contributed by atoms with E-state index >= 15 is 0 Å². The first-order chi connectivity index (χ1) is 11.4. The summed E-state index contributed by atoms with van der Waals surface area (Å²) in [5.41, 5.74) is 0.652. The van der Waals surface area contributed by atoms with Crippen molar-refractivity contribution in [1.29, 1.82) is 0 Å². The molecule has 0 aliphatic carbocycles. The number of aliphatic carboxylic acids is 1. The highest BCUT2D eigenvalue weighted by atomic mass is 79.9. The van der Waals surface area contributed by atoms with E-state index in [-0.39, 0.29) is 37.4 Å². The molecule has 1 heterocycles. The van der Waals surface area contributed by atoms with Gasteiger partial charge in [-0.15, -0.1) is 0 Å². The van der Waals surface area contributed by atoms with E-state index in [1.165, 1.54) is 0 Å². The van der Waals surface area contributed by atoms with Gasteiger partial charge in [-0.3, -0.25) is 9.59 Å². The normalized spacial score (nSPS) is 19.8. The second-order valence-corrected chi connectivity index (χ2v) is 6.77. The maximum absolute atomic E-state index is 12.1. The molecule has 1 aliphatic rings. The average Bonchev–Trinajstić information content (AvgIpc) is 2.92. The van der Waals surface area contributed by atoms with E-state index in [1.807, 2.05) is 19.1 Å². The molecule has 8 heteroatoms. The van der Waals surface area contributed by atoms with Crippen LogP contribution in [0.3, 0.4) is 0 Å². The number of halogens is 1. The van der Waals surface area contributed by atoms with E-state index in [9.17, 15) is 14.4 Å². The summed E-state index contributed by atoms with van der Waals surface area (Å²) < 4.78 is 0.915. The van der Waals surface area contributed by atoms with Gasteiger partial charge in [-0.2, -0.15) is 0 Å². The summed E-state index contributed by atoms with van der Waals surface area (Å²) in [4.78, 5) is 36.5. The summed E-state index contributed by atoms with van der Waals surface area (Å²) in [5, 5.41) is 14.4. The van der Waals surface area contributed by atoms with E-state index in [0.29, 0.717) is 12.2 Å². The van der Waals surface area contributed by atoms with Crippen molar-refractivity contribution in [1.82, 2.24) is 10.2 Å². The highest BCUT2D eigenvalue weighted by Gasteiger charge is 2.36. The van der Waals surface area contributed by atoms with Crippen LogP contribution >= 0.6 is 15.9 Å². The largest absolute Gasteiger partial charge is 0.481 e. The number of hydrogen-bond donors (Lipinski definition) is 3. The molecule has 0 bridgehead atoms. The molecule has 2 rings (SSSR count). The second-order valence-electron chi connectivity index (χ2n) is 5.86. The lowest BCUT2D eigenvalue weighted by Gasteiger charge is -2.16. The number of hydrogen-bond acceptors (Lipinski definition) is 3. The zero-order valence-corrected chi connectivity index (χ0v) is 14.9. The van der Waals surface area contributed by atoms with Crippen LogP contribution in [0.25, 0.3) is 0 Å². The average molecular weight is 398 g/mol. The lowest BCUT2D eigenvalue weighted by Crippen LogP contribution is -2.35. The van der Waals surface area contributed by atoms with Crippen LogP contribution in [-0.4, -0.2) is 47.5 Å². The van der Waals surface area contributed by atoms with Crippen LogP contribution in [-0.2, 0) is 9.59 Å². The third-order valence-electron chi connectivity index (χ3n) is 4.01. The minimum atomic E-state index is -0.871. The van der Waals surface area contributed by atoms with Crippen LogP contribution in [0.1, 0.15) is 13.3 Å². The van der Waals surface area contributed by atoms with Gasteiger partial charge in [-0.25, -0.2) is 4.79 Å². The number of urea groups is 1. The maximum atomic E-state index is 12.1. The number of nitrogens with one attached hydrogen (secondary N) is 2. The number of carbonyl (C=O) groups is 3. The quantitative estimate of drug-likeness (QED) is 0.708. The molecule has 0 spiro atoms. The summed E-state index contributed by atoms with van der Waals surface area (Å²) >= 11 is 3.31. The molecule has 130 valence electrons. The zero-order chi connectivity index (χ0) is 17.7. The molecule has 0 unspecified atom stereocenters. The molecule has 0 aromatic heterocycles. The first-order valence-electron chi connectivity index (χ1n) is 7.68. The third-order valence-corrected chi connectivity index (χ3v) is 4.54. The zero-order valence-electron chi connectivity index (χ0n) is 13.3. The molecule has 1 fully saturated rings. The molecule has 1 saturated heterocycles. The molecule has 2 atom stereocenters. The van der Waals surface area contributed by atoms with Crippen molar-refractivity contribution in [2.45, 2.75) is 13.3 Å². The Balaban J connectivity index is 1.72. The van der Waals surface area contributed by atoms with Crippen molar-refractivity contribution in [3.8, 4) is 0 Å². The van der Waals surface area contributed by atoms with Crippen LogP contribution in [0, 0.1) is 11.8 Å². The summed E-state index contributed by atoms with van der Waals surface area (Å²) in [7, 11) is 0. The smallest absolute Gasteiger partial charge is 0.319 e. The molecule has 1 aliphatic heterocycles. The van der Waals surface area contributed by atoms with Crippen LogP contribution in [0.2, 0.25) is 0 Å². The lowest BCUT2D eigenvalue weighted by atomic mass is 9.99. The van der Waals surface area contributed by atoms with Crippen molar-refractivity contribution in [2.24, 2.45) is 11.8 Å². The number of anilines is 1. The number of nitrogens with zero attached hydrogens (tertiary/aromatic N) is 1. The number of likely N-dealkylation sites (tertiary alicyclic amines) is 1. The fourth-order valence-corrected chi connectivity index (χ4v) is 2.91. The number of carbonyl (C=O) groups excluding carboxylic acids is 2. The van der Waals surface area contributed by atoms with E-state index in [2.05, 4.69) is 26.6 Å². The molecular formula is C16H20BrN3O4. The van der Waals surface area contributed by atoms with Gasteiger partial charge in [-0.1, -0.05) is 22.9 Å². The van der Waals surface area contributed by atoms with Gasteiger partial charge >= 0.3 is 12.0 Å². The predicted octanol–water partition coefficient (Wildman–Crippen LogP) is 2.14. The predicted molar refractivity (Wildman–Crippen MR) is 92.7 cm³/mol. The maximum Gasteiger partial charge on any atom is 0.319 e. The van der Waals surface area contributed by atoms with Gasteiger partial charge in [-0.05, 0) is 30.2 Å². The first-order valence-corrected chi connectivity index (χ1v) is 8.47. The van der Waals surface area contributed by atoms with Gasteiger partial charge < -0.3 is 20.6 Å². The van der Waals surface area contributed by atoms with Crippen LogP contribution < -0.4 is 10.6 Å². The van der Waals surface area contributed by atoms with Crippen LogP contribution in [0.15, 0.2) is 28.7 Å². The number of carboxylic acid groups (broad SMARTS) is 1. The Kier molecular flexibility index (Phi) is 6.19. The summed E-state index contributed by atoms with van der Waals surface area (Å²) in [5.74, 6) is -1.58. The minimum absolute atomic E-state index is 0.0555. The monoisotopic (exact) mass is 397 g/mol. The van der Waals surface area contributed by atoms with Gasteiger partial charge in [0.2, 0.25) is 5.91 Å². The van der Waals surface area contributed by atoms with Gasteiger partial charge in [0.1, 0.15) is 0 Å². The van der Waals surface area contributed by atoms with Crippen LogP contribution in [0.4, 0.5) is 10.5 Å². The molecule has 3 N–H and O–H groups in total. The van der Waals surface area contributed by atoms with Gasteiger partial charge in [0.25, 0.3) is 0 Å². The van der Waals surface area contributed by atoms with E-state index in [4.69, 9.17) is 5.11 Å². The van der Waals surface area contributed by atoms with E-state index in [0.717, 1.165) is 4.47 Å². The van der Waals surface area contributed by atoms with Crippen molar-refractivity contribution in [3.63, 3.8) is 0 Å². The Bertz CT molecular complexity index is 620. The number of rotatable bonds is 5. The molecule has 0 saturated carbocycles. The van der Waals surface area contributed by atoms with Crippen molar-refractivity contribution < 1.29 is 19.5 Å². The number of benzene rings is 1. The molecule has 0 radical (unpaired) electrons. The minimum Gasteiger partial charge on any atom is -0.481 e.